The number of aromatic nitrogens is 1. The van der Waals surface area contributed by atoms with Crippen LogP contribution in [0.25, 0.3) is 0 Å². The number of benzene rings is 1. The second-order valence-electron chi connectivity index (χ2n) is 8.94. The van der Waals surface area contributed by atoms with E-state index >= 15 is 0 Å². The Balaban J connectivity index is 2.16. The van der Waals surface area contributed by atoms with Gasteiger partial charge in [0.2, 0.25) is 0 Å². The fourth-order valence-electron chi connectivity index (χ4n) is 4.88. The fourth-order valence-corrected chi connectivity index (χ4v) is 4.88. The van der Waals surface area contributed by atoms with Crippen LogP contribution in [-0.4, -0.2) is 41.8 Å². The first kappa shape index (κ1) is 28.2. The molecular weight excluding hydrogens is 494 g/mol. The average molecular weight is 526 g/mol. The molecule has 0 radical (unpaired) electrons. The minimum Gasteiger partial charge on any atom is -0.453 e. The highest BCUT2D eigenvalue weighted by Crippen LogP contribution is 2.44. The number of carbonyl (C=O) groups is 2. The lowest BCUT2D eigenvalue weighted by Gasteiger charge is -2.44. The normalized spacial score (nSPS) is 17.3. The Morgan fingerprint density at radius 2 is 1.81 bits per heavy atom. The lowest BCUT2D eigenvalue weighted by Crippen LogP contribution is -2.49. The van der Waals surface area contributed by atoms with E-state index in [9.17, 15) is 27.2 Å². The second-order valence-corrected chi connectivity index (χ2v) is 8.94. The highest BCUT2D eigenvalue weighted by molar-refractivity contribution is 5.91. The number of carbonyl (C=O) groups excluding carboxylic acids is 2. The Morgan fingerprint density at radius 3 is 2.38 bits per heavy atom. The summed E-state index contributed by atoms with van der Waals surface area (Å²) in [4.78, 5) is 33.3. The number of nitrogens with zero attached hydrogens (tertiary/aromatic N) is 3. The van der Waals surface area contributed by atoms with Gasteiger partial charge in [-0.3, -0.25) is 14.8 Å². The molecule has 0 N–H and O–H groups in total. The number of hydrogen-bond acceptors (Lipinski definition) is 5. The van der Waals surface area contributed by atoms with Gasteiger partial charge < -0.3 is 9.47 Å². The number of hydrogen-bond donors (Lipinski definition) is 0. The molecule has 0 saturated carbocycles. The molecule has 0 fully saturated rings. The summed E-state index contributed by atoms with van der Waals surface area (Å²) in [5.41, 5.74) is 1.26. The summed E-state index contributed by atoms with van der Waals surface area (Å²) in [7, 11) is 1.18. The Bertz CT molecular complexity index is 1160. The molecule has 0 bridgehead atoms. The van der Waals surface area contributed by atoms with Crippen molar-refractivity contribution < 1.29 is 36.6 Å². The van der Waals surface area contributed by atoms with Crippen molar-refractivity contribution >= 4 is 17.9 Å². The molecular formula is C26H31F4N3O4. The van der Waals surface area contributed by atoms with Crippen molar-refractivity contribution in [2.24, 2.45) is 0 Å². The topological polar surface area (TPSA) is 72.0 Å². The highest BCUT2D eigenvalue weighted by atomic mass is 19.4. The predicted octanol–water partition coefficient (Wildman–Crippen LogP) is 6.64. The highest BCUT2D eigenvalue weighted by Gasteiger charge is 2.42. The number of anilines is 1. The molecule has 7 nitrogen and oxygen atoms in total. The number of ether oxygens (including phenoxy) is 2. The van der Waals surface area contributed by atoms with Gasteiger partial charge in [0.1, 0.15) is 6.67 Å². The minimum atomic E-state index is -4.68. The molecule has 2 unspecified atom stereocenters. The van der Waals surface area contributed by atoms with Crippen molar-refractivity contribution in [3.63, 3.8) is 0 Å². The lowest BCUT2D eigenvalue weighted by molar-refractivity contribution is -0.137. The number of rotatable bonds is 6. The largest absolute Gasteiger partial charge is 0.453 e. The molecule has 1 aromatic carbocycles. The first-order chi connectivity index (χ1) is 17.4. The van der Waals surface area contributed by atoms with Crippen LogP contribution < -0.4 is 4.90 Å². The van der Waals surface area contributed by atoms with E-state index in [0.29, 0.717) is 29.1 Å². The van der Waals surface area contributed by atoms with Crippen LogP contribution in [0.15, 0.2) is 24.3 Å². The molecule has 3 rings (SSSR count). The first-order valence-electron chi connectivity index (χ1n) is 12.0. The SMILES string of the molecule is CCOC(=O)N1c2c(cc(C)nc2C)C(N(Cc2cc(CF)cc(C(F)(F)F)c2)C(=O)OC)CC1CC. The van der Waals surface area contributed by atoms with Gasteiger partial charge in [0.05, 0.1) is 36.7 Å². The van der Waals surface area contributed by atoms with Crippen LogP contribution in [0.1, 0.15) is 66.4 Å². The van der Waals surface area contributed by atoms with Gasteiger partial charge in [-0.15, -0.1) is 0 Å². The summed E-state index contributed by atoms with van der Waals surface area (Å²) in [5, 5.41) is 0. The maximum atomic E-state index is 13.5. The number of pyridine rings is 1. The molecule has 2 amide bonds. The Kier molecular flexibility index (Phi) is 8.65. The van der Waals surface area contributed by atoms with Crippen LogP contribution in [0.2, 0.25) is 0 Å². The Labute approximate surface area is 213 Å². The number of aryl methyl sites for hydroxylation is 2. The van der Waals surface area contributed by atoms with Crippen LogP contribution in [-0.2, 0) is 28.9 Å². The van der Waals surface area contributed by atoms with Crippen LogP contribution in [0.3, 0.4) is 0 Å². The zero-order valence-electron chi connectivity index (χ0n) is 21.5. The van der Waals surface area contributed by atoms with Gasteiger partial charge in [-0.2, -0.15) is 13.2 Å². The van der Waals surface area contributed by atoms with Gasteiger partial charge in [-0.25, -0.2) is 14.0 Å². The van der Waals surface area contributed by atoms with Gasteiger partial charge in [-0.1, -0.05) is 13.0 Å². The van der Waals surface area contributed by atoms with E-state index in [0.717, 1.165) is 12.1 Å². The molecule has 0 saturated heterocycles. The van der Waals surface area contributed by atoms with E-state index in [4.69, 9.17) is 9.47 Å². The van der Waals surface area contributed by atoms with Crippen LogP contribution in [0.5, 0.6) is 0 Å². The first-order valence-corrected chi connectivity index (χ1v) is 12.0. The number of methoxy groups -OCH3 is 1. The molecule has 2 atom stereocenters. The molecule has 1 aromatic heterocycles. The number of halogens is 4. The maximum absolute atomic E-state index is 13.5. The number of fused-ring (bicyclic) bond motifs is 1. The van der Waals surface area contributed by atoms with Crippen molar-refractivity contribution in [1.29, 1.82) is 0 Å². The number of amides is 2. The van der Waals surface area contributed by atoms with E-state index in [1.54, 1.807) is 26.8 Å². The molecule has 2 aromatic rings. The molecule has 1 aliphatic heterocycles. The van der Waals surface area contributed by atoms with Gasteiger partial charge in [0, 0.05) is 23.8 Å². The third-order valence-electron chi connectivity index (χ3n) is 6.39. The molecule has 0 spiro atoms. The smallest absolute Gasteiger partial charge is 0.416 e. The molecule has 37 heavy (non-hydrogen) atoms. The summed E-state index contributed by atoms with van der Waals surface area (Å²) in [6.45, 7) is 5.93. The van der Waals surface area contributed by atoms with Crippen molar-refractivity contribution in [3.8, 4) is 0 Å². The quantitative estimate of drug-likeness (QED) is 0.395. The monoisotopic (exact) mass is 525 g/mol. The van der Waals surface area contributed by atoms with Crippen molar-refractivity contribution in [1.82, 2.24) is 9.88 Å². The summed E-state index contributed by atoms with van der Waals surface area (Å²) < 4.78 is 64.2. The third-order valence-corrected chi connectivity index (χ3v) is 6.39. The second kappa shape index (κ2) is 11.4. The van der Waals surface area contributed by atoms with Gasteiger partial charge in [0.15, 0.2) is 0 Å². The van der Waals surface area contributed by atoms with Crippen LogP contribution in [0, 0.1) is 13.8 Å². The molecule has 202 valence electrons. The zero-order chi connectivity index (χ0) is 27.5. The van der Waals surface area contributed by atoms with Crippen LogP contribution in [0.4, 0.5) is 32.8 Å². The van der Waals surface area contributed by atoms with E-state index in [1.165, 1.54) is 23.0 Å². The van der Waals surface area contributed by atoms with E-state index in [1.807, 2.05) is 6.92 Å². The third kappa shape index (κ3) is 5.97. The summed E-state index contributed by atoms with van der Waals surface area (Å²) in [6.07, 6.45) is -5.18. The van der Waals surface area contributed by atoms with Gasteiger partial charge in [0.25, 0.3) is 0 Å². The Morgan fingerprint density at radius 1 is 1.14 bits per heavy atom. The lowest BCUT2D eigenvalue weighted by atomic mass is 9.88. The van der Waals surface area contributed by atoms with Crippen LogP contribution >= 0.6 is 0 Å². The summed E-state index contributed by atoms with van der Waals surface area (Å²) >= 11 is 0. The maximum Gasteiger partial charge on any atom is 0.416 e. The van der Waals surface area contributed by atoms with Crippen molar-refractivity contribution in [2.75, 3.05) is 18.6 Å². The fraction of sp³-hybridized carbons (Fsp3) is 0.500. The van der Waals surface area contributed by atoms with Gasteiger partial charge >= 0.3 is 18.4 Å². The summed E-state index contributed by atoms with van der Waals surface area (Å²) in [5.74, 6) is 0. The number of alkyl halides is 4. The van der Waals surface area contributed by atoms with Crippen molar-refractivity contribution in [2.45, 2.75) is 72.0 Å². The minimum absolute atomic E-state index is 0.109. The molecule has 0 aliphatic carbocycles. The summed E-state index contributed by atoms with van der Waals surface area (Å²) in [6, 6.07) is 3.69. The van der Waals surface area contributed by atoms with E-state index in [2.05, 4.69) is 4.98 Å². The molecule has 11 heteroatoms. The predicted molar refractivity (Wildman–Crippen MR) is 129 cm³/mol. The zero-order valence-corrected chi connectivity index (χ0v) is 21.5. The Hall–Kier alpha value is -3.37. The van der Waals surface area contributed by atoms with Crippen molar-refractivity contribution in [3.05, 3.63) is 57.9 Å². The standard InChI is InChI=1S/C26H31F4N3O4/c1-6-20-12-22(21-8-15(3)31-16(4)23(21)33(20)25(35)37-7-2)32(24(34)36-5)14-18-9-17(13-27)10-19(11-18)26(28,29)30/h8-11,20,22H,6-7,12-14H2,1-5H3. The van der Waals surface area contributed by atoms with E-state index in [-0.39, 0.29) is 36.7 Å². The average Bonchev–Trinajstić information content (AvgIpc) is 2.85. The molecule has 1 aliphatic rings. The van der Waals surface area contributed by atoms with E-state index < -0.39 is 36.6 Å². The molecule has 2 heterocycles. The van der Waals surface area contributed by atoms with Gasteiger partial charge in [-0.05, 0) is 62.9 Å².